The summed E-state index contributed by atoms with van der Waals surface area (Å²) < 4.78 is 26.7. The lowest BCUT2D eigenvalue weighted by atomic mass is 10.1. The van der Waals surface area contributed by atoms with Crippen LogP contribution in [0.15, 0.2) is 29.2 Å². The van der Waals surface area contributed by atoms with Crippen molar-refractivity contribution in [3.05, 3.63) is 24.3 Å². The number of sulfonamides is 1. The Balaban J connectivity index is 2.91. The maximum absolute atomic E-state index is 12.2. The van der Waals surface area contributed by atoms with Crippen LogP contribution in [0.3, 0.4) is 0 Å². The number of nitrogens with zero attached hydrogens (tertiary/aromatic N) is 1. The minimum atomic E-state index is -3.83. The van der Waals surface area contributed by atoms with Crippen molar-refractivity contribution in [2.75, 3.05) is 19.0 Å². The minimum absolute atomic E-state index is 0.0656. The molecule has 0 saturated heterocycles. The number of nitrogens with one attached hydrogen (secondary N) is 1. The van der Waals surface area contributed by atoms with Gasteiger partial charge < -0.3 is 10.0 Å². The van der Waals surface area contributed by atoms with E-state index in [-0.39, 0.29) is 11.3 Å². The highest BCUT2D eigenvalue weighted by Gasteiger charge is 2.24. The Kier molecular flexibility index (Phi) is 6.17. The van der Waals surface area contributed by atoms with Crippen LogP contribution in [0.2, 0.25) is 0 Å². The molecule has 0 aliphatic carbocycles. The van der Waals surface area contributed by atoms with E-state index in [0.29, 0.717) is 6.42 Å². The van der Waals surface area contributed by atoms with E-state index in [0.717, 1.165) is 12.1 Å². The summed E-state index contributed by atoms with van der Waals surface area (Å²) in [7, 11) is -0.118. The van der Waals surface area contributed by atoms with Crippen LogP contribution in [-0.2, 0) is 14.8 Å². The largest absolute Gasteiger partial charge is 0.480 e. The standard InChI is InChI=1S/C14H22N2O4S/c1-4-5-6-13(14(17)18)15-21(19,20)12-9-7-11(8-10-12)16(2)3/h7-10,13,15H,4-6H2,1-3H3,(H,17,18)/t13-/m0/s1. The molecule has 0 saturated carbocycles. The van der Waals surface area contributed by atoms with Crippen molar-refractivity contribution in [1.29, 1.82) is 0 Å². The van der Waals surface area contributed by atoms with Crippen LogP contribution >= 0.6 is 0 Å². The Morgan fingerprint density at radius 1 is 1.29 bits per heavy atom. The molecule has 0 bridgehead atoms. The van der Waals surface area contributed by atoms with Gasteiger partial charge in [0.1, 0.15) is 6.04 Å². The lowest BCUT2D eigenvalue weighted by Crippen LogP contribution is -2.40. The molecule has 1 rings (SSSR count). The molecule has 2 N–H and O–H groups in total. The summed E-state index contributed by atoms with van der Waals surface area (Å²) >= 11 is 0. The molecule has 0 aliphatic rings. The average Bonchev–Trinajstić information content (AvgIpc) is 2.43. The monoisotopic (exact) mass is 314 g/mol. The molecule has 0 aromatic heterocycles. The Morgan fingerprint density at radius 2 is 1.86 bits per heavy atom. The van der Waals surface area contributed by atoms with E-state index in [1.165, 1.54) is 12.1 Å². The van der Waals surface area contributed by atoms with Gasteiger partial charge in [-0.05, 0) is 30.7 Å². The predicted molar refractivity (Wildman–Crippen MR) is 82.0 cm³/mol. The number of carboxylic acids is 1. The fourth-order valence-electron chi connectivity index (χ4n) is 1.82. The molecular weight excluding hydrogens is 292 g/mol. The van der Waals surface area contributed by atoms with Gasteiger partial charge in [-0.25, -0.2) is 8.42 Å². The number of carbonyl (C=O) groups is 1. The zero-order valence-electron chi connectivity index (χ0n) is 12.5. The van der Waals surface area contributed by atoms with E-state index in [9.17, 15) is 13.2 Å². The van der Waals surface area contributed by atoms with Crippen LogP contribution in [-0.4, -0.2) is 39.6 Å². The molecule has 0 radical (unpaired) electrons. The first-order valence-corrected chi connectivity index (χ1v) is 8.28. The van der Waals surface area contributed by atoms with Crippen LogP contribution in [0.25, 0.3) is 0 Å². The molecular formula is C14H22N2O4S. The van der Waals surface area contributed by atoms with Gasteiger partial charge in [-0.2, -0.15) is 4.72 Å². The second-order valence-electron chi connectivity index (χ2n) is 5.04. The van der Waals surface area contributed by atoms with Gasteiger partial charge in [0.25, 0.3) is 0 Å². The molecule has 0 fully saturated rings. The predicted octanol–water partition coefficient (Wildman–Crippen LogP) is 1.67. The summed E-state index contributed by atoms with van der Waals surface area (Å²) in [6.07, 6.45) is 1.74. The van der Waals surface area contributed by atoms with Gasteiger partial charge in [0.05, 0.1) is 4.90 Å². The number of hydrogen-bond acceptors (Lipinski definition) is 4. The van der Waals surface area contributed by atoms with Crippen molar-refractivity contribution in [3.63, 3.8) is 0 Å². The quantitative estimate of drug-likeness (QED) is 0.762. The van der Waals surface area contributed by atoms with Crippen LogP contribution in [0.4, 0.5) is 5.69 Å². The van der Waals surface area contributed by atoms with E-state index in [1.54, 1.807) is 12.1 Å². The number of rotatable bonds is 8. The molecule has 118 valence electrons. The summed E-state index contributed by atoms with van der Waals surface area (Å²) in [5.74, 6) is -1.16. The highest BCUT2D eigenvalue weighted by Crippen LogP contribution is 2.16. The Bertz CT molecular complexity index is 567. The van der Waals surface area contributed by atoms with Crippen LogP contribution in [0.5, 0.6) is 0 Å². The Hall–Kier alpha value is -1.60. The van der Waals surface area contributed by atoms with Gasteiger partial charge in [0.2, 0.25) is 10.0 Å². The summed E-state index contributed by atoms with van der Waals surface area (Å²) in [5.41, 5.74) is 0.870. The van der Waals surface area contributed by atoms with E-state index >= 15 is 0 Å². The Labute approximate surface area is 125 Å². The smallest absolute Gasteiger partial charge is 0.321 e. The van der Waals surface area contributed by atoms with Crippen LogP contribution in [0, 0.1) is 0 Å². The van der Waals surface area contributed by atoms with Crippen molar-refractivity contribution in [2.24, 2.45) is 0 Å². The SMILES string of the molecule is CCCC[C@H](NS(=O)(=O)c1ccc(N(C)C)cc1)C(=O)O. The topological polar surface area (TPSA) is 86.7 Å². The maximum atomic E-state index is 12.2. The number of aliphatic carboxylic acids is 1. The third-order valence-electron chi connectivity index (χ3n) is 3.11. The average molecular weight is 314 g/mol. The highest BCUT2D eigenvalue weighted by atomic mass is 32.2. The first-order valence-electron chi connectivity index (χ1n) is 6.80. The first kappa shape index (κ1) is 17.5. The normalized spacial score (nSPS) is 12.9. The summed E-state index contributed by atoms with van der Waals surface area (Å²) in [6, 6.07) is 5.20. The fraction of sp³-hybridized carbons (Fsp3) is 0.500. The molecule has 1 aromatic carbocycles. The van der Waals surface area contributed by atoms with Crippen LogP contribution < -0.4 is 9.62 Å². The van der Waals surface area contributed by atoms with Gasteiger partial charge >= 0.3 is 5.97 Å². The lowest BCUT2D eigenvalue weighted by molar-refractivity contribution is -0.139. The molecule has 0 amide bonds. The molecule has 7 heteroatoms. The highest BCUT2D eigenvalue weighted by molar-refractivity contribution is 7.89. The van der Waals surface area contributed by atoms with Gasteiger partial charge in [-0.1, -0.05) is 19.8 Å². The summed E-state index contributed by atoms with van der Waals surface area (Å²) in [6.45, 7) is 1.92. The van der Waals surface area contributed by atoms with E-state index in [2.05, 4.69) is 4.72 Å². The Morgan fingerprint density at radius 3 is 2.29 bits per heavy atom. The van der Waals surface area contributed by atoms with Crippen LogP contribution in [0.1, 0.15) is 26.2 Å². The van der Waals surface area contributed by atoms with E-state index in [4.69, 9.17) is 5.11 Å². The number of unbranched alkanes of at least 4 members (excludes halogenated alkanes) is 1. The second kappa shape index (κ2) is 7.42. The molecule has 21 heavy (non-hydrogen) atoms. The minimum Gasteiger partial charge on any atom is -0.480 e. The number of hydrogen-bond donors (Lipinski definition) is 2. The zero-order chi connectivity index (χ0) is 16.0. The number of benzene rings is 1. The lowest BCUT2D eigenvalue weighted by Gasteiger charge is -2.16. The summed E-state index contributed by atoms with van der Waals surface area (Å²) in [4.78, 5) is 13.0. The third kappa shape index (κ3) is 5.02. The van der Waals surface area contributed by atoms with Gasteiger partial charge in [0, 0.05) is 19.8 Å². The molecule has 0 heterocycles. The van der Waals surface area contributed by atoms with E-state index in [1.807, 2.05) is 25.9 Å². The maximum Gasteiger partial charge on any atom is 0.321 e. The first-order chi connectivity index (χ1) is 9.77. The fourth-order valence-corrected chi connectivity index (χ4v) is 3.04. The van der Waals surface area contributed by atoms with Crippen molar-refractivity contribution < 1.29 is 18.3 Å². The van der Waals surface area contributed by atoms with Crippen molar-refractivity contribution in [1.82, 2.24) is 4.72 Å². The van der Waals surface area contributed by atoms with Gasteiger partial charge in [0.15, 0.2) is 0 Å². The molecule has 0 unspecified atom stereocenters. The molecule has 1 aromatic rings. The van der Waals surface area contributed by atoms with Gasteiger partial charge in [-0.3, -0.25) is 4.79 Å². The molecule has 1 atom stereocenters. The van der Waals surface area contributed by atoms with E-state index < -0.39 is 22.0 Å². The van der Waals surface area contributed by atoms with Crippen molar-refractivity contribution in [2.45, 2.75) is 37.1 Å². The second-order valence-corrected chi connectivity index (χ2v) is 6.76. The number of carboxylic acid groups (broad SMARTS) is 1. The van der Waals surface area contributed by atoms with Gasteiger partial charge in [-0.15, -0.1) is 0 Å². The summed E-state index contributed by atoms with van der Waals surface area (Å²) in [5, 5.41) is 9.09. The zero-order valence-corrected chi connectivity index (χ0v) is 13.4. The van der Waals surface area contributed by atoms with Crippen molar-refractivity contribution >= 4 is 21.7 Å². The third-order valence-corrected chi connectivity index (χ3v) is 4.59. The molecule has 0 aliphatic heterocycles. The molecule has 6 nitrogen and oxygen atoms in total. The molecule has 0 spiro atoms. The van der Waals surface area contributed by atoms with Crippen molar-refractivity contribution in [3.8, 4) is 0 Å². The number of anilines is 1.